The van der Waals surface area contributed by atoms with Crippen molar-refractivity contribution in [1.82, 2.24) is 9.78 Å². The molecule has 24 heavy (non-hydrogen) atoms. The molecule has 0 aliphatic heterocycles. The lowest BCUT2D eigenvalue weighted by Gasteiger charge is -2.24. The van der Waals surface area contributed by atoms with Crippen molar-refractivity contribution in [3.63, 3.8) is 0 Å². The number of rotatable bonds is 3. The standard InChI is InChI=1S/C18H22N4O2/c1-18(2,3)24-17(23)22(5)16-15(12-21(4)20-16)10-13-8-6-7-9-14(13)11-19/h6-9,12H,10H2,1-5H3. The number of carbonyl (C=O) groups is 1. The molecule has 126 valence electrons. The Hall–Kier alpha value is -2.81. The van der Waals surface area contributed by atoms with Crippen LogP contribution in [0.5, 0.6) is 0 Å². The minimum Gasteiger partial charge on any atom is -0.443 e. The zero-order valence-electron chi connectivity index (χ0n) is 14.7. The third-order valence-electron chi connectivity index (χ3n) is 3.39. The van der Waals surface area contributed by atoms with Gasteiger partial charge in [0.1, 0.15) is 5.60 Å². The van der Waals surface area contributed by atoms with Gasteiger partial charge in [-0.3, -0.25) is 9.58 Å². The van der Waals surface area contributed by atoms with E-state index >= 15 is 0 Å². The third-order valence-corrected chi connectivity index (χ3v) is 3.39. The topological polar surface area (TPSA) is 71.2 Å². The number of nitriles is 1. The van der Waals surface area contributed by atoms with E-state index in [2.05, 4.69) is 11.2 Å². The molecule has 1 heterocycles. The maximum Gasteiger partial charge on any atom is 0.415 e. The van der Waals surface area contributed by atoms with Crippen LogP contribution in [-0.4, -0.2) is 28.5 Å². The van der Waals surface area contributed by atoms with Crippen molar-refractivity contribution in [2.75, 3.05) is 11.9 Å². The van der Waals surface area contributed by atoms with Crippen molar-refractivity contribution in [2.45, 2.75) is 32.8 Å². The molecule has 1 amide bonds. The number of benzene rings is 1. The van der Waals surface area contributed by atoms with E-state index in [1.165, 1.54) is 4.90 Å². The van der Waals surface area contributed by atoms with Crippen LogP contribution in [0.1, 0.15) is 37.5 Å². The summed E-state index contributed by atoms with van der Waals surface area (Å²) in [6.07, 6.45) is 1.90. The number of carbonyl (C=O) groups excluding carboxylic acids is 1. The van der Waals surface area contributed by atoms with Crippen LogP contribution >= 0.6 is 0 Å². The van der Waals surface area contributed by atoms with Crippen LogP contribution in [0.2, 0.25) is 0 Å². The summed E-state index contributed by atoms with van der Waals surface area (Å²) < 4.78 is 7.05. The molecule has 1 aromatic carbocycles. The lowest BCUT2D eigenvalue weighted by Crippen LogP contribution is -2.34. The van der Waals surface area contributed by atoms with Crippen molar-refractivity contribution in [1.29, 1.82) is 5.26 Å². The monoisotopic (exact) mass is 326 g/mol. The van der Waals surface area contributed by atoms with Gasteiger partial charge in [0.2, 0.25) is 0 Å². The van der Waals surface area contributed by atoms with E-state index < -0.39 is 11.7 Å². The molecular weight excluding hydrogens is 304 g/mol. The Morgan fingerprint density at radius 1 is 1.33 bits per heavy atom. The highest BCUT2D eigenvalue weighted by atomic mass is 16.6. The Kier molecular flexibility index (Phi) is 4.93. The highest BCUT2D eigenvalue weighted by Crippen LogP contribution is 2.23. The van der Waals surface area contributed by atoms with E-state index in [-0.39, 0.29) is 0 Å². The Bertz CT molecular complexity index is 781. The van der Waals surface area contributed by atoms with Gasteiger partial charge in [0, 0.05) is 32.3 Å². The Balaban J connectivity index is 2.31. The van der Waals surface area contributed by atoms with Gasteiger partial charge in [-0.1, -0.05) is 18.2 Å². The van der Waals surface area contributed by atoms with Gasteiger partial charge in [-0.2, -0.15) is 10.4 Å². The first-order chi connectivity index (χ1) is 11.2. The molecule has 2 rings (SSSR count). The molecule has 2 aromatic rings. The molecule has 6 heteroatoms. The molecule has 0 saturated carbocycles. The summed E-state index contributed by atoms with van der Waals surface area (Å²) in [6.45, 7) is 5.46. The minimum atomic E-state index is -0.576. The van der Waals surface area contributed by atoms with Gasteiger partial charge in [0.25, 0.3) is 0 Å². The summed E-state index contributed by atoms with van der Waals surface area (Å²) in [4.78, 5) is 13.7. The summed E-state index contributed by atoms with van der Waals surface area (Å²) in [5.74, 6) is 0.527. The van der Waals surface area contributed by atoms with Crippen LogP contribution in [0.3, 0.4) is 0 Å². The van der Waals surface area contributed by atoms with Gasteiger partial charge in [0.15, 0.2) is 5.82 Å². The summed E-state index contributed by atoms with van der Waals surface area (Å²) >= 11 is 0. The minimum absolute atomic E-state index is 0.462. The number of hydrogen-bond acceptors (Lipinski definition) is 4. The molecule has 0 aliphatic rings. The number of nitrogens with zero attached hydrogens (tertiary/aromatic N) is 4. The molecule has 0 spiro atoms. The van der Waals surface area contributed by atoms with Crippen molar-refractivity contribution in [3.05, 3.63) is 47.2 Å². The SMILES string of the molecule is CN(C(=O)OC(C)(C)C)c1nn(C)cc1Cc1ccccc1C#N. The van der Waals surface area contributed by atoms with Gasteiger partial charge >= 0.3 is 6.09 Å². The average molecular weight is 326 g/mol. The largest absolute Gasteiger partial charge is 0.443 e. The predicted molar refractivity (Wildman–Crippen MR) is 91.8 cm³/mol. The predicted octanol–water partition coefficient (Wildman–Crippen LogP) is 3.25. The average Bonchev–Trinajstić information content (AvgIpc) is 2.86. The Morgan fingerprint density at radius 2 is 2.00 bits per heavy atom. The van der Waals surface area contributed by atoms with Crippen LogP contribution in [0.15, 0.2) is 30.5 Å². The molecule has 1 aromatic heterocycles. The van der Waals surface area contributed by atoms with Crippen LogP contribution in [0.4, 0.5) is 10.6 Å². The van der Waals surface area contributed by atoms with E-state index in [1.54, 1.807) is 24.8 Å². The number of aryl methyl sites for hydroxylation is 1. The fourth-order valence-corrected chi connectivity index (χ4v) is 2.34. The molecule has 0 N–H and O–H groups in total. The summed E-state index contributed by atoms with van der Waals surface area (Å²) in [6, 6.07) is 9.60. The lowest BCUT2D eigenvalue weighted by molar-refractivity contribution is 0.0588. The van der Waals surface area contributed by atoms with E-state index in [0.717, 1.165) is 11.1 Å². The second-order valence-corrected chi connectivity index (χ2v) is 6.64. The quantitative estimate of drug-likeness (QED) is 0.868. The molecule has 0 unspecified atom stereocenters. The molecule has 0 atom stereocenters. The lowest BCUT2D eigenvalue weighted by atomic mass is 10.0. The highest BCUT2D eigenvalue weighted by Gasteiger charge is 2.24. The van der Waals surface area contributed by atoms with E-state index in [0.29, 0.717) is 17.8 Å². The van der Waals surface area contributed by atoms with Gasteiger partial charge in [-0.15, -0.1) is 0 Å². The van der Waals surface area contributed by atoms with E-state index in [4.69, 9.17) is 4.74 Å². The molecule has 0 aliphatic carbocycles. The van der Waals surface area contributed by atoms with Crippen molar-refractivity contribution in [3.8, 4) is 6.07 Å². The Morgan fingerprint density at radius 3 is 2.62 bits per heavy atom. The smallest absolute Gasteiger partial charge is 0.415 e. The normalized spacial score (nSPS) is 11.0. The second-order valence-electron chi connectivity index (χ2n) is 6.64. The Labute approximate surface area is 142 Å². The molecule has 0 fully saturated rings. The van der Waals surface area contributed by atoms with E-state index in [9.17, 15) is 10.1 Å². The molecule has 0 saturated heterocycles. The van der Waals surface area contributed by atoms with Gasteiger partial charge < -0.3 is 4.74 Å². The van der Waals surface area contributed by atoms with Gasteiger partial charge in [0.05, 0.1) is 11.6 Å². The summed E-state index contributed by atoms with van der Waals surface area (Å²) in [5.41, 5.74) is 1.79. The molecule has 0 bridgehead atoms. The number of hydrogen-bond donors (Lipinski definition) is 0. The molecule has 0 radical (unpaired) electrons. The van der Waals surface area contributed by atoms with Crippen LogP contribution < -0.4 is 4.90 Å². The maximum absolute atomic E-state index is 12.3. The number of amides is 1. The van der Waals surface area contributed by atoms with Gasteiger partial charge in [-0.25, -0.2) is 4.79 Å². The van der Waals surface area contributed by atoms with E-state index in [1.807, 2.05) is 45.2 Å². The fourth-order valence-electron chi connectivity index (χ4n) is 2.34. The summed E-state index contributed by atoms with van der Waals surface area (Å²) in [5, 5.41) is 13.6. The first-order valence-corrected chi connectivity index (χ1v) is 7.68. The van der Waals surface area contributed by atoms with Crippen LogP contribution in [0, 0.1) is 11.3 Å². The molecule has 6 nitrogen and oxygen atoms in total. The van der Waals surface area contributed by atoms with Crippen LogP contribution in [0.25, 0.3) is 0 Å². The van der Waals surface area contributed by atoms with Crippen LogP contribution in [-0.2, 0) is 18.2 Å². The van der Waals surface area contributed by atoms with Crippen molar-refractivity contribution >= 4 is 11.9 Å². The van der Waals surface area contributed by atoms with Gasteiger partial charge in [-0.05, 0) is 32.4 Å². The second kappa shape index (κ2) is 6.75. The fraction of sp³-hybridized carbons (Fsp3) is 0.389. The first-order valence-electron chi connectivity index (χ1n) is 7.68. The molecular formula is C18H22N4O2. The maximum atomic E-state index is 12.3. The number of anilines is 1. The number of ether oxygens (including phenoxy) is 1. The zero-order valence-corrected chi connectivity index (χ0v) is 14.7. The third kappa shape index (κ3) is 4.13. The van der Waals surface area contributed by atoms with Crippen molar-refractivity contribution in [2.24, 2.45) is 7.05 Å². The highest BCUT2D eigenvalue weighted by molar-refractivity contribution is 5.87. The van der Waals surface area contributed by atoms with Crippen molar-refractivity contribution < 1.29 is 9.53 Å². The number of aromatic nitrogens is 2. The summed E-state index contributed by atoms with van der Waals surface area (Å²) in [7, 11) is 3.43. The zero-order chi connectivity index (χ0) is 17.9. The first kappa shape index (κ1) is 17.5.